The largest absolute Gasteiger partial charge is 0.353 e. The number of hydrogen-bond donors (Lipinski definition) is 0. The Kier molecular flexibility index (Phi) is 4.82. The number of rotatable bonds is 5. The van der Waals surface area contributed by atoms with Crippen LogP contribution in [0.1, 0.15) is 49.7 Å². The molecule has 1 aromatic heterocycles. The third-order valence-corrected chi connectivity index (χ3v) is 6.22. The summed E-state index contributed by atoms with van der Waals surface area (Å²) in [5, 5.41) is 2.63. The number of aliphatic imine (C=N–C) groups is 1. The molecule has 2 aliphatic rings. The zero-order valence-electron chi connectivity index (χ0n) is 16.3. The first-order valence-corrected chi connectivity index (χ1v) is 10.7. The number of nitrogens with zero attached hydrogens (tertiary/aromatic N) is 3. The Labute approximate surface area is 167 Å². The first-order chi connectivity index (χ1) is 13.9. The predicted octanol–water partition coefficient (Wildman–Crippen LogP) is 5.89. The molecule has 0 saturated heterocycles. The Morgan fingerprint density at radius 3 is 2.61 bits per heavy atom. The lowest BCUT2D eigenvalue weighted by Gasteiger charge is -2.36. The number of hydrogen-bond acceptors (Lipinski definition) is 3. The average molecular weight is 370 g/mol. The molecule has 142 valence electrons. The molecule has 1 aliphatic heterocycles. The second kappa shape index (κ2) is 7.75. The number of aryl methyl sites for hydroxylation is 1. The summed E-state index contributed by atoms with van der Waals surface area (Å²) in [6.45, 7) is 1.06. The van der Waals surface area contributed by atoms with Crippen molar-refractivity contribution in [3.8, 4) is 0 Å². The van der Waals surface area contributed by atoms with Gasteiger partial charge in [0.2, 0.25) is 0 Å². The van der Waals surface area contributed by atoms with Crippen molar-refractivity contribution >= 4 is 22.3 Å². The van der Waals surface area contributed by atoms with Crippen molar-refractivity contribution in [2.24, 2.45) is 4.99 Å². The van der Waals surface area contributed by atoms with Crippen LogP contribution in [0.3, 0.4) is 0 Å². The molecule has 0 bridgehead atoms. The lowest BCUT2D eigenvalue weighted by atomic mass is 9.93. The lowest BCUT2D eigenvalue weighted by Crippen LogP contribution is -2.42. The molecule has 1 aliphatic carbocycles. The fourth-order valence-corrected chi connectivity index (χ4v) is 4.85. The van der Waals surface area contributed by atoms with Gasteiger partial charge in [-0.15, -0.1) is 0 Å². The Morgan fingerprint density at radius 1 is 0.929 bits per heavy atom. The first kappa shape index (κ1) is 17.4. The Morgan fingerprint density at radius 2 is 1.79 bits per heavy atom. The molecule has 0 spiro atoms. The van der Waals surface area contributed by atoms with Crippen LogP contribution >= 0.6 is 0 Å². The quantitative estimate of drug-likeness (QED) is 0.561. The van der Waals surface area contributed by atoms with Gasteiger partial charge in [0.25, 0.3) is 0 Å². The van der Waals surface area contributed by atoms with Crippen molar-refractivity contribution in [1.29, 1.82) is 0 Å². The molecule has 28 heavy (non-hydrogen) atoms. The molecule has 1 fully saturated rings. The molecular formula is C25H27N3. The van der Waals surface area contributed by atoms with Crippen molar-refractivity contribution in [3.05, 3.63) is 72.1 Å². The van der Waals surface area contributed by atoms with Crippen molar-refractivity contribution in [3.63, 3.8) is 0 Å². The predicted molar refractivity (Wildman–Crippen MR) is 116 cm³/mol. The Balaban J connectivity index is 1.43. The van der Waals surface area contributed by atoms with Crippen LogP contribution in [0.2, 0.25) is 0 Å². The van der Waals surface area contributed by atoms with Crippen molar-refractivity contribution < 1.29 is 0 Å². The van der Waals surface area contributed by atoms with Crippen LogP contribution in [0.4, 0.5) is 5.69 Å². The first-order valence-electron chi connectivity index (χ1n) is 10.7. The van der Waals surface area contributed by atoms with E-state index in [9.17, 15) is 0 Å². The zero-order chi connectivity index (χ0) is 18.8. The van der Waals surface area contributed by atoms with Crippen molar-refractivity contribution in [2.75, 3.05) is 6.54 Å². The highest BCUT2D eigenvalue weighted by Crippen LogP contribution is 2.37. The molecule has 0 N–H and O–H groups in total. The minimum absolute atomic E-state index is 0.617. The summed E-state index contributed by atoms with van der Waals surface area (Å²) in [4.78, 5) is 12.0. The number of aromatic nitrogens is 1. The van der Waals surface area contributed by atoms with E-state index in [2.05, 4.69) is 52.3 Å². The number of amidine groups is 1. The molecular weight excluding hydrogens is 342 g/mol. The molecule has 0 radical (unpaired) electrons. The SMILES string of the molecule is c1cncc(CCCN(C2=Nc3cccc4cccc2c34)C2CCCCC2)c1. The summed E-state index contributed by atoms with van der Waals surface area (Å²) in [7, 11) is 0. The zero-order valence-corrected chi connectivity index (χ0v) is 16.3. The van der Waals surface area contributed by atoms with Gasteiger partial charge in [0, 0.05) is 35.9 Å². The average Bonchev–Trinajstić information content (AvgIpc) is 3.13. The summed E-state index contributed by atoms with van der Waals surface area (Å²) >= 11 is 0. The maximum absolute atomic E-state index is 5.13. The van der Waals surface area contributed by atoms with Gasteiger partial charge in [0.05, 0.1) is 5.69 Å². The van der Waals surface area contributed by atoms with Gasteiger partial charge in [-0.3, -0.25) is 4.98 Å². The van der Waals surface area contributed by atoms with Crippen LogP contribution < -0.4 is 0 Å². The summed E-state index contributed by atoms with van der Waals surface area (Å²) in [6, 6.07) is 18.0. The van der Waals surface area contributed by atoms with Gasteiger partial charge >= 0.3 is 0 Å². The Bertz CT molecular complexity index is 982. The molecule has 3 heteroatoms. The van der Waals surface area contributed by atoms with E-state index in [0.29, 0.717) is 6.04 Å². The second-order valence-corrected chi connectivity index (χ2v) is 8.07. The third kappa shape index (κ3) is 3.30. The molecule has 2 aromatic carbocycles. The molecule has 0 amide bonds. The molecule has 0 atom stereocenters. The summed E-state index contributed by atoms with van der Waals surface area (Å²) in [5.41, 5.74) is 3.78. The highest BCUT2D eigenvalue weighted by Gasteiger charge is 2.28. The van der Waals surface area contributed by atoms with Gasteiger partial charge < -0.3 is 4.90 Å². The van der Waals surface area contributed by atoms with Crippen LogP contribution in [-0.2, 0) is 6.42 Å². The van der Waals surface area contributed by atoms with Crippen molar-refractivity contribution in [2.45, 2.75) is 51.0 Å². The lowest BCUT2D eigenvalue weighted by molar-refractivity contribution is 0.242. The monoisotopic (exact) mass is 369 g/mol. The maximum Gasteiger partial charge on any atom is 0.137 e. The van der Waals surface area contributed by atoms with E-state index in [0.717, 1.165) is 25.1 Å². The van der Waals surface area contributed by atoms with Gasteiger partial charge in [-0.2, -0.15) is 0 Å². The van der Waals surface area contributed by atoms with Gasteiger partial charge in [-0.05, 0) is 48.8 Å². The van der Waals surface area contributed by atoms with Crippen LogP contribution in [-0.4, -0.2) is 28.3 Å². The molecule has 3 aromatic rings. The van der Waals surface area contributed by atoms with Crippen LogP contribution in [0.15, 0.2) is 65.9 Å². The molecule has 1 saturated carbocycles. The normalized spacial score (nSPS) is 16.4. The maximum atomic E-state index is 5.13. The van der Waals surface area contributed by atoms with E-state index in [-0.39, 0.29) is 0 Å². The molecule has 3 nitrogen and oxygen atoms in total. The van der Waals surface area contributed by atoms with Gasteiger partial charge in [0.1, 0.15) is 5.84 Å². The topological polar surface area (TPSA) is 28.5 Å². The van der Waals surface area contributed by atoms with E-state index < -0.39 is 0 Å². The van der Waals surface area contributed by atoms with Gasteiger partial charge in [-0.25, -0.2) is 4.99 Å². The number of pyridine rings is 1. The van der Waals surface area contributed by atoms with E-state index in [1.165, 1.54) is 59.8 Å². The van der Waals surface area contributed by atoms with Crippen LogP contribution in [0, 0.1) is 0 Å². The van der Waals surface area contributed by atoms with E-state index in [1.54, 1.807) is 0 Å². The minimum atomic E-state index is 0.617. The standard InChI is InChI=1S/C25H27N3/c1-2-12-21(13-3-1)28(17-7-9-19-8-6-16-26-18-19)25-22-14-4-10-20-11-5-15-23(27-25)24(20)22/h4-6,8,10-11,14-16,18,21H,1-3,7,9,12-13,17H2. The van der Waals surface area contributed by atoms with Gasteiger partial charge in [-0.1, -0.05) is 55.7 Å². The highest BCUT2D eigenvalue weighted by atomic mass is 15.2. The van der Waals surface area contributed by atoms with E-state index >= 15 is 0 Å². The smallest absolute Gasteiger partial charge is 0.137 e. The minimum Gasteiger partial charge on any atom is -0.353 e. The van der Waals surface area contributed by atoms with Crippen LogP contribution in [0.5, 0.6) is 0 Å². The summed E-state index contributed by atoms with van der Waals surface area (Å²) in [6.07, 6.45) is 12.7. The molecule has 5 rings (SSSR count). The van der Waals surface area contributed by atoms with E-state index in [4.69, 9.17) is 4.99 Å². The fourth-order valence-electron chi connectivity index (χ4n) is 4.85. The Hall–Kier alpha value is -2.68. The molecule has 2 heterocycles. The summed E-state index contributed by atoms with van der Waals surface area (Å²) < 4.78 is 0. The fraction of sp³-hybridized carbons (Fsp3) is 0.360. The number of benzene rings is 2. The van der Waals surface area contributed by atoms with Crippen molar-refractivity contribution in [1.82, 2.24) is 9.88 Å². The highest BCUT2D eigenvalue weighted by molar-refractivity contribution is 6.18. The second-order valence-electron chi connectivity index (χ2n) is 8.07. The summed E-state index contributed by atoms with van der Waals surface area (Å²) in [5.74, 6) is 1.20. The van der Waals surface area contributed by atoms with E-state index in [1.807, 2.05) is 18.5 Å². The van der Waals surface area contributed by atoms with Crippen LogP contribution in [0.25, 0.3) is 10.8 Å². The third-order valence-electron chi connectivity index (χ3n) is 6.22. The van der Waals surface area contributed by atoms with Gasteiger partial charge in [0.15, 0.2) is 0 Å². The molecule has 0 unspecified atom stereocenters.